The molecule has 0 aromatic heterocycles. The minimum atomic E-state index is -0.628. The minimum absolute atomic E-state index is 0.628. The number of nitrogens with one attached hydrogen (secondary N) is 1. The first-order valence-corrected chi connectivity index (χ1v) is 15.9. The van der Waals surface area contributed by atoms with E-state index in [9.17, 15) is 0 Å². The third kappa shape index (κ3) is 6.23. The molecule has 1 N–H and O–H groups in total. The molecule has 0 spiro atoms. The molecule has 0 aliphatic carbocycles. The van der Waals surface area contributed by atoms with Crippen molar-refractivity contribution in [2.75, 3.05) is 30.9 Å². The Bertz CT molecular complexity index is 964. The summed E-state index contributed by atoms with van der Waals surface area (Å²) in [5, 5.41) is 8.20. The topological polar surface area (TPSA) is 18.5 Å². The van der Waals surface area contributed by atoms with E-state index in [2.05, 4.69) is 107 Å². The summed E-state index contributed by atoms with van der Waals surface area (Å²) in [7, 11) is 4.11. The monoisotopic (exact) mass is 481 g/mol. The van der Waals surface area contributed by atoms with E-state index in [1.807, 2.05) is 0 Å². The first-order valence-electron chi connectivity index (χ1n) is 10.4. The van der Waals surface area contributed by atoms with Gasteiger partial charge in [0.2, 0.25) is 0 Å². The molecule has 0 saturated carbocycles. The third-order valence-electron chi connectivity index (χ3n) is 5.20. The summed E-state index contributed by atoms with van der Waals surface area (Å²) >= 11 is 5.23. The van der Waals surface area contributed by atoms with Gasteiger partial charge in [0.25, 0.3) is 0 Å². The first kappa shape index (κ1) is 22.6. The number of thiocarbonyl (C=S) groups is 1. The molecule has 5 heteroatoms. The molecule has 0 heterocycles. The number of hydrogen-bond acceptors (Lipinski definition) is 2. The van der Waals surface area contributed by atoms with Gasteiger partial charge in [-0.1, -0.05) is 0 Å². The van der Waals surface area contributed by atoms with Crippen molar-refractivity contribution < 1.29 is 0 Å². The first-order chi connectivity index (χ1) is 14.4. The fraction of sp³-hybridized carbons (Fsp3) is 0.320. The van der Waals surface area contributed by atoms with E-state index in [0.29, 0.717) is 0 Å². The molecule has 3 aromatic rings. The summed E-state index contributed by atoms with van der Waals surface area (Å²) in [6, 6.07) is 23.6. The number of fused-ring (bicyclic) bond motifs is 1. The molecule has 30 heavy (non-hydrogen) atoms. The molecule has 0 atom stereocenters. The maximum atomic E-state index is 5.86. The average Bonchev–Trinajstić information content (AvgIpc) is 2.73. The predicted octanol–water partition coefficient (Wildman–Crippen LogP) is 6.25. The SMILES string of the molecule is CN(C)c1ccc(NC(=S)N(CCC[As](C)C)Cc2cccc3ccccc23)cc1. The van der Waals surface area contributed by atoms with Gasteiger partial charge in [-0.15, -0.1) is 0 Å². The average molecular weight is 482 g/mol. The second-order valence-corrected chi connectivity index (χ2v) is 13.9. The summed E-state index contributed by atoms with van der Waals surface area (Å²) in [5.74, 6) is 0. The molecule has 0 amide bonds. The van der Waals surface area contributed by atoms with Crippen LogP contribution < -0.4 is 10.2 Å². The summed E-state index contributed by atoms with van der Waals surface area (Å²) in [6.45, 7) is 1.81. The third-order valence-corrected chi connectivity index (χ3v) is 8.10. The zero-order valence-corrected chi connectivity index (χ0v) is 21.1. The number of anilines is 2. The fourth-order valence-electron chi connectivity index (χ4n) is 3.51. The van der Waals surface area contributed by atoms with Crippen LogP contribution in [0, 0.1) is 0 Å². The van der Waals surface area contributed by atoms with E-state index < -0.39 is 14.7 Å². The molecule has 0 fully saturated rings. The van der Waals surface area contributed by atoms with E-state index >= 15 is 0 Å². The van der Waals surface area contributed by atoms with Crippen LogP contribution in [0.1, 0.15) is 12.0 Å². The molecule has 3 nitrogen and oxygen atoms in total. The Morgan fingerprint density at radius 3 is 2.33 bits per heavy atom. The van der Waals surface area contributed by atoms with Gasteiger partial charge >= 0.3 is 192 Å². The van der Waals surface area contributed by atoms with Gasteiger partial charge in [-0.2, -0.15) is 0 Å². The molecular formula is C25H32AsN3S. The molecule has 3 rings (SSSR count). The second-order valence-electron chi connectivity index (χ2n) is 8.09. The summed E-state index contributed by atoms with van der Waals surface area (Å²) < 4.78 is 0. The van der Waals surface area contributed by atoms with Gasteiger partial charge in [0, 0.05) is 0 Å². The van der Waals surface area contributed by atoms with Crippen LogP contribution in [0.4, 0.5) is 11.4 Å². The number of hydrogen-bond donors (Lipinski definition) is 1. The molecule has 158 valence electrons. The van der Waals surface area contributed by atoms with Crippen molar-refractivity contribution in [3.05, 3.63) is 72.3 Å². The van der Waals surface area contributed by atoms with Crippen LogP contribution in [0.5, 0.6) is 0 Å². The van der Waals surface area contributed by atoms with Gasteiger partial charge in [0.05, 0.1) is 0 Å². The van der Waals surface area contributed by atoms with Gasteiger partial charge in [-0.25, -0.2) is 0 Å². The van der Waals surface area contributed by atoms with E-state index in [0.717, 1.165) is 23.9 Å². The Hall–Kier alpha value is -2.03. The quantitative estimate of drug-likeness (QED) is 0.303. The van der Waals surface area contributed by atoms with Gasteiger partial charge < -0.3 is 0 Å². The van der Waals surface area contributed by atoms with Crippen LogP contribution in [0.15, 0.2) is 66.7 Å². The van der Waals surface area contributed by atoms with E-state index in [1.54, 1.807) is 0 Å². The summed E-state index contributed by atoms with van der Waals surface area (Å²) in [6.07, 6.45) is 1.19. The van der Waals surface area contributed by atoms with E-state index in [1.165, 1.54) is 33.7 Å². The van der Waals surface area contributed by atoms with Crippen LogP contribution in [-0.4, -0.2) is 45.3 Å². The molecule has 0 radical (unpaired) electrons. The van der Waals surface area contributed by atoms with E-state index in [4.69, 9.17) is 12.2 Å². The Kier molecular flexibility index (Phi) is 8.18. The summed E-state index contributed by atoms with van der Waals surface area (Å²) in [4.78, 5) is 4.43. The van der Waals surface area contributed by atoms with Crippen molar-refractivity contribution in [2.24, 2.45) is 0 Å². The fourth-order valence-corrected chi connectivity index (χ4v) is 5.41. The Morgan fingerprint density at radius 2 is 1.63 bits per heavy atom. The van der Waals surface area contributed by atoms with Crippen LogP contribution in [0.2, 0.25) is 16.6 Å². The van der Waals surface area contributed by atoms with Crippen molar-refractivity contribution in [2.45, 2.75) is 29.6 Å². The van der Waals surface area contributed by atoms with Crippen LogP contribution in [-0.2, 0) is 6.54 Å². The van der Waals surface area contributed by atoms with Crippen LogP contribution >= 0.6 is 12.2 Å². The summed E-state index contributed by atoms with van der Waals surface area (Å²) in [5.41, 5.74) is 8.38. The van der Waals surface area contributed by atoms with Crippen molar-refractivity contribution in [3.63, 3.8) is 0 Å². The van der Waals surface area contributed by atoms with Gasteiger partial charge in [-0.3, -0.25) is 0 Å². The van der Waals surface area contributed by atoms with Gasteiger partial charge in [0.15, 0.2) is 0 Å². The zero-order chi connectivity index (χ0) is 21.5. The molecule has 0 bridgehead atoms. The Balaban J connectivity index is 1.77. The zero-order valence-electron chi connectivity index (χ0n) is 18.4. The molecule has 0 saturated heterocycles. The molecule has 0 aliphatic rings. The predicted molar refractivity (Wildman–Crippen MR) is 138 cm³/mol. The Morgan fingerprint density at radius 1 is 0.933 bits per heavy atom. The second kappa shape index (κ2) is 10.8. The molecule has 0 unspecified atom stereocenters. The maximum absolute atomic E-state index is 5.86. The van der Waals surface area contributed by atoms with Crippen LogP contribution in [0.3, 0.4) is 0 Å². The molecule has 3 aromatic carbocycles. The Labute approximate surface area is 191 Å². The number of nitrogens with zero attached hydrogens (tertiary/aromatic N) is 2. The van der Waals surface area contributed by atoms with Crippen molar-refractivity contribution in [1.82, 2.24) is 4.90 Å². The van der Waals surface area contributed by atoms with Gasteiger partial charge in [-0.05, 0) is 0 Å². The number of benzene rings is 3. The van der Waals surface area contributed by atoms with E-state index in [-0.39, 0.29) is 0 Å². The molecule has 0 aliphatic heterocycles. The van der Waals surface area contributed by atoms with Crippen molar-refractivity contribution >= 4 is 54.1 Å². The van der Waals surface area contributed by atoms with Crippen molar-refractivity contribution in [3.8, 4) is 0 Å². The van der Waals surface area contributed by atoms with Crippen LogP contribution in [0.25, 0.3) is 10.8 Å². The van der Waals surface area contributed by atoms with Gasteiger partial charge in [0.1, 0.15) is 0 Å². The molecular weight excluding hydrogens is 449 g/mol. The van der Waals surface area contributed by atoms with Crippen molar-refractivity contribution in [1.29, 1.82) is 0 Å². The standard InChI is InChI=1S/C25H32AsN3S/c1-26(2)17-8-18-29(19-21-11-7-10-20-9-5-6-12-24(20)21)25(30)27-22-13-15-23(16-14-22)28(3)4/h5-7,9-16H,8,17-19H2,1-4H3,(H,27,30). The normalized spacial score (nSPS) is 11.0. The number of rotatable bonds is 8.